The van der Waals surface area contributed by atoms with E-state index in [1.807, 2.05) is 62.4 Å². The van der Waals surface area contributed by atoms with Crippen molar-refractivity contribution < 1.29 is 19.1 Å². The first-order valence-corrected chi connectivity index (χ1v) is 12.5. The quantitative estimate of drug-likeness (QED) is 0.287. The Morgan fingerprint density at radius 2 is 1.60 bits per heavy atom. The molecule has 0 spiro atoms. The highest BCUT2D eigenvalue weighted by Gasteiger charge is 2.34. The fourth-order valence-corrected chi connectivity index (χ4v) is 5.04. The number of carbonyl (C=O) groups excluding carboxylic acids is 2. The van der Waals surface area contributed by atoms with Gasteiger partial charge in [-0.05, 0) is 72.6 Å². The summed E-state index contributed by atoms with van der Waals surface area (Å²) in [7, 11) is 0. The van der Waals surface area contributed by atoms with Crippen molar-refractivity contribution in [2.45, 2.75) is 20.5 Å². The minimum absolute atomic E-state index is 0.156. The molecule has 1 aliphatic rings. The van der Waals surface area contributed by atoms with Crippen LogP contribution in [0.25, 0.3) is 6.08 Å². The molecule has 8 heteroatoms. The van der Waals surface area contributed by atoms with Crippen molar-refractivity contribution in [2.75, 3.05) is 13.2 Å². The summed E-state index contributed by atoms with van der Waals surface area (Å²) in [4.78, 5) is 26.7. The molecule has 1 aliphatic heterocycles. The number of aryl methyl sites for hydroxylation is 2. The van der Waals surface area contributed by atoms with Crippen LogP contribution >= 0.6 is 35.0 Å². The van der Waals surface area contributed by atoms with Crippen LogP contribution in [0.3, 0.4) is 0 Å². The molecule has 3 aromatic rings. The first-order chi connectivity index (χ1) is 16.8. The van der Waals surface area contributed by atoms with Gasteiger partial charge in [-0.2, -0.15) is 0 Å². The molecule has 1 heterocycles. The van der Waals surface area contributed by atoms with Crippen molar-refractivity contribution in [1.82, 2.24) is 4.90 Å². The Kier molecular flexibility index (Phi) is 8.06. The van der Waals surface area contributed by atoms with Crippen molar-refractivity contribution >= 4 is 52.2 Å². The number of ether oxygens (including phenoxy) is 2. The minimum Gasteiger partial charge on any atom is -0.492 e. The summed E-state index contributed by atoms with van der Waals surface area (Å²) < 4.78 is 11.5. The van der Waals surface area contributed by atoms with Crippen LogP contribution < -0.4 is 9.47 Å². The number of thioether (sulfide) groups is 1. The van der Waals surface area contributed by atoms with Crippen LogP contribution in [-0.4, -0.2) is 29.2 Å². The Morgan fingerprint density at radius 1 is 0.914 bits per heavy atom. The lowest BCUT2D eigenvalue weighted by Crippen LogP contribution is -2.32. The standard InChI is InChI=1S/C27H23Cl2NO4S/c1-17-5-3-7-19(11-17)16-34-25-22(28)13-20(14-23(25)29)15-24-26(31)30(27(32)35-24)9-10-33-21-8-4-6-18(2)12-21/h3-8,11-15H,9-10,16H2,1-2H3/b24-15-. The molecule has 0 N–H and O–H groups in total. The molecular formula is C27H23Cl2NO4S. The molecular weight excluding hydrogens is 505 g/mol. The number of nitrogens with zero attached hydrogens (tertiary/aromatic N) is 1. The summed E-state index contributed by atoms with van der Waals surface area (Å²) in [6.07, 6.45) is 1.61. The predicted molar refractivity (Wildman–Crippen MR) is 141 cm³/mol. The van der Waals surface area contributed by atoms with Crippen molar-refractivity contribution in [3.05, 3.63) is 97.9 Å². The van der Waals surface area contributed by atoms with Crippen LogP contribution in [0.2, 0.25) is 10.0 Å². The Hall–Kier alpha value is -2.93. The summed E-state index contributed by atoms with van der Waals surface area (Å²) in [6, 6.07) is 18.9. The molecule has 0 unspecified atom stereocenters. The lowest BCUT2D eigenvalue weighted by atomic mass is 10.1. The second kappa shape index (κ2) is 11.2. The summed E-state index contributed by atoms with van der Waals surface area (Å²) in [6.45, 7) is 4.67. The van der Waals surface area contributed by atoms with Crippen molar-refractivity contribution in [2.24, 2.45) is 0 Å². The van der Waals surface area contributed by atoms with Gasteiger partial charge in [0.05, 0.1) is 21.5 Å². The van der Waals surface area contributed by atoms with Gasteiger partial charge in [-0.25, -0.2) is 0 Å². The minimum atomic E-state index is -0.375. The van der Waals surface area contributed by atoms with Gasteiger partial charge >= 0.3 is 0 Å². The van der Waals surface area contributed by atoms with Crippen LogP contribution in [0.15, 0.2) is 65.6 Å². The maximum Gasteiger partial charge on any atom is 0.293 e. The van der Waals surface area contributed by atoms with Crippen LogP contribution in [0, 0.1) is 13.8 Å². The van der Waals surface area contributed by atoms with Gasteiger partial charge in [-0.3, -0.25) is 14.5 Å². The largest absolute Gasteiger partial charge is 0.492 e. The van der Waals surface area contributed by atoms with E-state index < -0.39 is 0 Å². The molecule has 2 amide bonds. The zero-order chi connectivity index (χ0) is 24.9. The third-order valence-corrected chi connectivity index (χ3v) is 6.70. The summed E-state index contributed by atoms with van der Waals surface area (Å²) in [5.41, 5.74) is 3.81. The topological polar surface area (TPSA) is 55.8 Å². The monoisotopic (exact) mass is 527 g/mol. The molecule has 4 rings (SSSR count). The maximum atomic E-state index is 12.8. The average Bonchev–Trinajstić information content (AvgIpc) is 3.06. The van der Waals surface area contributed by atoms with Gasteiger partial charge in [0.2, 0.25) is 0 Å². The van der Waals surface area contributed by atoms with E-state index in [4.69, 9.17) is 32.7 Å². The lowest BCUT2D eigenvalue weighted by molar-refractivity contribution is -0.123. The summed E-state index contributed by atoms with van der Waals surface area (Å²) >= 11 is 13.7. The smallest absolute Gasteiger partial charge is 0.293 e. The number of carbonyl (C=O) groups is 2. The normalized spacial score (nSPS) is 14.6. The number of rotatable bonds is 8. The van der Waals surface area contributed by atoms with Gasteiger partial charge in [-0.15, -0.1) is 0 Å². The number of hydrogen-bond donors (Lipinski definition) is 0. The van der Waals surface area contributed by atoms with Crippen LogP contribution in [0.5, 0.6) is 11.5 Å². The van der Waals surface area contributed by atoms with Crippen molar-refractivity contribution in [3.8, 4) is 11.5 Å². The maximum absolute atomic E-state index is 12.8. The Bertz CT molecular complexity index is 1280. The highest BCUT2D eigenvalue weighted by atomic mass is 35.5. The number of amides is 2. The highest BCUT2D eigenvalue weighted by molar-refractivity contribution is 8.18. The number of imide groups is 1. The van der Waals surface area contributed by atoms with Crippen molar-refractivity contribution in [1.29, 1.82) is 0 Å². The third-order valence-electron chi connectivity index (χ3n) is 5.23. The Morgan fingerprint density at radius 3 is 2.29 bits per heavy atom. The van der Waals surface area contributed by atoms with E-state index in [1.165, 1.54) is 4.90 Å². The molecule has 0 saturated carbocycles. The third kappa shape index (κ3) is 6.40. The van der Waals surface area contributed by atoms with Crippen LogP contribution in [-0.2, 0) is 11.4 Å². The van der Waals surface area contributed by atoms with E-state index in [-0.39, 0.29) is 24.3 Å². The van der Waals surface area contributed by atoms with Gasteiger partial charge in [0, 0.05) is 0 Å². The van der Waals surface area contributed by atoms with E-state index in [0.717, 1.165) is 28.5 Å². The molecule has 0 atom stereocenters. The molecule has 3 aromatic carbocycles. The van der Waals surface area contributed by atoms with Gasteiger partial charge in [0.25, 0.3) is 11.1 Å². The van der Waals surface area contributed by atoms with E-state index in [2.05, 4.69) is 0 Å². The van der Waals surface area contributed by atoms with E-state index in [1.54, 1.807) is 18.2 Å². The first-order valence-electron chi connectivity index (χ1n) is 10.9. The summed E-state index contributed by atoms with van der Waals surface area (Å²) in [5.74, 6) is 0.690. The molecule has 1 saturated heterocycles. The number of halogens is 2. The van der Waals surface area contributed by atoms with Gasteiger partial charge < -0.3 is 9.47 Å². The van der Waals surface area contributed by atoms with E-state index >= 15 is 0 Å². The molecule has 0 radical (unpaired) electrons. The number of benzene rings is 3. The van der Waals surface area contributed by atoms with Crippen LogP contribution in [0.4, 0.5) is 4.79 Å². The second-order valence-electron chi connectivity index (χ2n) is 8.09. The highest BCUT2D eigenvalue weighted by Crippen LogP contribution is 2.37. The first kappa shape index (κ1) is 25.2. The molecule has 5 nitrogen and oxygen atoms in total. The lowest BCUT2D eigenvalue weighted by Gasteiger charge is -2.13. The van der Waals surface area contributed by atoms with Crippen molar-refractivity contribution in [3.63, 3.8) is 0 Å². The molecule has 35 heavy (non-hydrogen) atoms. The zero-order valence-electron chi connectivity index (χ0n) is 19.2. The van der Waals surface area contributed by atoms with E-state index in [0.29, 0.717) is 38.6 Å². The fraction of sp³-hybridized carbons (Fsp3) is 0.185. The van der Waals surface area contributed by atoms with Crippen LogP contribution in [0.1, 0.15) is 22.3 Å². The Balaban J connectivity index is 1.41. The average molecular weight is 528 g/mol. The molecule has 0 aromatic heterocycles. The fourth-order valence-electron chi connectivity index (χ4n) is 3.56. The second-order valence-corrected chi connectivity index (χ2v) is 9.90. The summed E-state index contributed by atoms with van der Waals surface area (Å²) in [5, 5.41) is 0.300. The molecule has 180 valence electrons. The SMILES string of the molecule is Cc1cccc(COc2c(Cl)cc(/C=C3\SC(=O)N(CCOc4cccc(C)c4)C3=O)cc2Cl)c1. The molecule has 0 aliphatic carbocycles. The van der Waals surface area contributed by atoms with Gasteiger partial charge in [0.1, 0.15) is 19.0 Å². The Labute approximate surface area is 218 Å². The molecule has 0 bridgehead atoms. The molecule has 1 fully saturated rings. The zero-order valence-corrected chi connectivity index (χ0v) is 21.5. The van der Waals surface area contributed by atoms with Gasteiger partial charge in [-0.1, -0.05) is 65.2 Å². The predicted octanol–water partition coefficient (Wildman–Crippen LogP) is 7.30. The number of hydrogen-bond acceptors (Lipinski definition) is 5. The van der Waals surface area contributed by atoms with Gasteiger partial charge in [0.15, 0.2) is 5.75 Å². The van der Waals surface area contributed by atoms with E-state index in [9.17, 15) is 9.59 Å².